The summed E-state index contributed by atoms with van der Waals surface area (Å²) in [5, 5.41) is 36.6. The van der Waals surface area contributed by atoms with Crippen LogP contribution in [0.4, 0.5) is 17.6 Å². The number of carbonyl (C=O) groups is 3. The van der Waals surface area contributed by atoms with Crippen molar-refractivity contribution >= 4 is 17.9 Å². The maximum Gasteiger partial charge on any atom is 0.416 e. The van der Waals surface area contributed by atoms with E-state index in [2.05, 4.69) is 84.5 Å². The van der Waals surface area contributed by atoms with Gasteiger partial charge in [0.25, 0.3) is 0 Å². The zero-order valence-corrected chi connectivity index (χ0v) is 49.4. The third-order valence-electron chi connectivity index (χ3n) is 16.5. The van der Waals surface area contributed by atoms with Crippen LogP contribution < -0.4 is 16.0 Å². The van der Waals surface area contributed by atoms with Crippen LogP contribution in [0.5, 0.6) is 0 Å². The zero-order chi connectivity index (χ0) is 58.8. The van der Waals surface area contributed by atoms with E-state index in [4.69, 9.17) is 15.3 Å². The highest BCUT2D eigenvalue weighted by atomic mass is 19.4. The molecule has 6 rings (SSSR count). The van der Waals surface area contributed by atoms with Crippen LogP contribution in [0, 0.1) is 69.0 Å². The lowest BCUT2D eigenvalue weighted by atomic mass is 9.87. The van der Waals surface area contributed by atoms with Gasteiger partial charge in [-0.3, -0.25) is 14.4 Å². The molecule has 13 heteroatoms. The van der Waals surface area contributed by atoms with E-state index >= 15 is 0 Å². The summed E-state index contributed by atoms with van der Waals surface area (Å²) >= 11 is 0. The largest absolute Gasteiger partial charge is 0.481 e. The van der Waals surface area contributed by atoms with Gasteiger partial charge >= 0.3 is 24.1 Å². The molecular formula is C68H99F4N3O6. The number of halogens is 4. The molecule has 3 aliphatic carbocycles. The summed E-state index contributed by atoms with van der Waals surface area (Å²) in [6.07, 6.45) is 32.6. The number of carboxylic acid groups (broad SMARTS) is 3. The van der Waals surface area contributed by atoms with E-state index in [0.29, 0.717) is 67.0 Å². The van der Waals surface area contributed by atoms with Crippen molar-refractivity contribution in [3.8, 4) is 0 Å². The fourth-order valence-electron chi connectivity index (χ4n) is 11.8. The fourth-order valence-corrected chi connectivity index (χ4v) is 11.8. The fraction of sp³-hybridized carbons (Fsp3) is 0.603. The SMILES string of the molecule is Cc1ccc(CNC[C@H]2CCCCC[C@@H]2/C=C\CCCC(=O)O)c(C(F)(F)F)c1.Cc1ccc(CNC[C@H]2CCCCC[C@@H]2/C=C\CCCC(=O)O)c(C)c1.Cc1ccc(CNC[C@H]2CCCCC[C@@H]2/C=C\CCCC(=O)O)c(F)c1. The van der Waals surface area contributed by atoms with Gasteiger partial charge in [0.2, 0.25) is 0 Å². The molecule has 3 aromatic carbocycles. The monoisotopic (exact) mass is 1130 g/mol. The number of aliphatic carboxylic acids is 3. The number of nitrogens with one attached hydrogen (secondary N) is 3. The molecule has 0 aromatic heterocycles. The molecule has 0 amide bonds. The van der Waals surface area contributed by atoms with Gasteiger partial charge in [-0.1, -0.05) is 148 Å². The molecule has 6 N–H and O–H groups in total. The highest BCUT2D eigenvalue weighted by Gasteiger charge is 2.33. The Hall–Kier alpha value is -5.11. The molecular weight excluding hydrogens is 1030 g/mol. The lowest BCUT2D eigenvalue weighted by Gasteiger charge is -2.23. The molecule has 0 aliphatic heterocycles. The summed E-state index contributed by atoms with van der Waals surface area (Å²) in [5.74, 6) is 0.910. The first-order chi connectivity index (χ1) is 38.9. The van der Waals surface area contributed by atoms with E-state index in [1.807, 2.05) is 19.1 Å². The summed E-state index contributed by atoms with van der Waals surface area (Å²) < 4.78 is 53.9. The van der Waals surface area contributed by atoms with Gasteiger partial charge < -0.3 is 31.3 Å². The average Bonchev–Trinajstić information content (AvgIpc) is 3.89. The number of alkyl halides is 3. The quantitative estimate of drug-likeness (QED) is 0.0190. The topological polar surface area (TPSA) is 148 Å². The van der Waals surface area contributed by atoms with Crippen LogP contribution in [-0.4, -0.2) is 52.9 Å². The Labute approximate surface area is 483 Å². The van der Waals surface area contributed by atoms with Crippen LogP contribution in [0.15, 0.2) is 91.1 Å². The van der Waals surface area contributed by atoms with Crippen molar-refractivity contribution in [2.75, 3.05) is 19.6 Å². The number of hydrogen-bond donors (Lipinski definition) is 6. The Morgan fingerprint density at radius 3 is 1.21 bits per heavy atom. The molecule has 3 saturated carbocycles. The second-order valence-electron chi connectivity index (χ2n) is 23.4. The summed E-state index contributed by atoms with van der Waals surface area (Å²) in [7, 11) is 0. The number of allylic oxidation sites excluding steroid dienone is 6. The number of aryl methyl sites for hydroxylation is 4. The zero-order valence-electron chi connectivity index (χ0n) is 49.4. The molecule has 81 heavy (non-hydrogen) atoms. The van der Waals surface area contributed by atoms with Crippen LogP contribution >= 0.6 is 0 Å². The summed E-state index contributed by atoms with van der Waals surface area (Å²) in [6.45, 7) is 12.3. The molecule has 0 heterocycles. The molecule has 3 aromatic rings. The van der Waals surface area contributed by atoms with Crippen LogP contribution in [0.1, 0.15) is 199 Å². The highest BCUT2D eigenvalue weighted by molar-refractivity contribution is 5.67. The number of benzene rings is 3. The summed E-state index contributed by atoms with van der Waals surface area (Å²) in [5.41, 5.74) is 6.10. The Morgan fingerprint density at radius 2 is 0.827 bits per heavy atom. The van der Waals surface area contributed by atoms with Gasteiger partial charge in [0.05, 0.1) is 5.56 Å². The van der Waals surface area contributed by atoms with Crippen molar-refractivity contribution < 1.29 is 47.3 Å². The first-order valence-corrected chi connectivity index (χ1v) is 30.6. The second-order valence-corrected chi connectivity index (χ2v) is 23.4. The maximum absolute atomic E-state index is 14.0. The van der Waals surface area contributed by atoms with Crippen LogP contribution in [0.2, 0.25) is 0 Å². The first-order valence-electron chi connectivity index (χ1n) is 30.6. The molecule has 0 bridgehead atoms. The third kappa shape index (κ3) is 28.6. The van der Waals surface area contributed by atoms with Crippen molar-refractivity contribution in [2.45, 2.75) is 208 Å². The lowest BCUT2D eigenvalue weighted by molar-refractivity contribution is -0.139. The van der Waals surface area contributed by atoms with E-state index in [1.54, 1.807) is 25.1 Å². The van der Waals surface area contributed by atoms with E-state index in [0.717, 1.165) is 82.1 Å². The Morgan fingerprint density at radius 1 is 0.481 bits per heavy atom. The van der Waals surface area contributed by atoms with Crippen LogP contribution in [0.25, 0.3) is 0 Å². The average molecular weight is 1130 g/mol. The van der Waals surface area contributed by atoms with Gasteiger partial charge in [0.1, 0.15) is 5.82 Å². The predicted molar refractivity (Wildman–Crippen MR) is 320 cm³/mol. The van der Waals surface area contributed by atoms with E-state index in [1.165, 1.54) is 93.4 Å². The molecule has 450 valence electrons. The maximum atomic E-state index is 14.0. The van der Waals surface area contributed by atoms with Gasteiger partial charge in [-0.05, 0) is 194 Å². The van der Waals surface area contributed by atoms with Gasteiger partial charge in [-0.25, -0.2) is 4.39 Å². The Balaban J connectivity index is 0.000000262. The van der Waals surface area contributed by atoms with Gasteiger partial charge in [-0.15, -0.1) is 0 Å². The summed E-state index contributed by atoms with van der Waals surface area (Å²) in [4.78, 5) is 31.8. The molecule has 0 radical (unpaired) electrons. The first kappa shape index (κ1) is 68.4. The number of rotatable bonds is 27. The van der Waals surface area contributed by atoms with Gasteiger partial charge in [0.15, 0.2) is 0 Å². The predicted octanol–water partition coefficient (Wildman–Crippen LogP) is 16.7. The second kappa shape index (κ2) is 38.6. The van der Waals surface area contributed by atoms with E-state index in [-0.39, 0.29) is 37.2 Å². The van der Waals surface area contributed by atoms with Gasteiger partial charge in [0, 0.05) is 44.5 Å². The standard InChI is InChI=1S/C23H32F3NO2.C23H35NO2.C22H32FNO2/c1-17-12-13-20(21(14-17)23(24,25)26)16-27-15-19-10-6-2-4-8-18(19)9-5-3-7-11-22(28)29;1-18-13-14-21(19(2)15-18)16-24-17-22-11-7-3-5-9-20(22)10-6-4-8-12-23(25)26;1-17-12-13-20(21(23)14-17)16-24-15-19-10-6-2-4-8-18(19)9-5-3-7-11-22(25)26/h5,9,12-14,18-19,27H,2-4,6-8,10-11,15-16H2,1H3,(H,28,29);6,10,13-15,20,22,24H,3-5,7-9,11-12,16-17H2,1-2H3,(H,25,26);5,9,12-14,18-19,24H,2-4,6-8,10-11,15-16H2,1H3,(H,25,26)/b9-5-;10-6-;9-5-/t18-,19-;20-,22-;18-,19-/m111/s1. The third-order valence-corrected chi connectivity index (χ3v) is 16.5. The number of hydrogen-bond acceptors (Lipinski definition) is 6. The minimum atomic E-state index is -4.34. The molecule has 0 spiro atoms. The molecule has 0 unspecified atom stereocenters. The van der Waals surface area contributed by atoms with Crippen molar-refractivity contribution in [3.63, 3.8) is 0 Å². The minimum Gasteiger partial charge on any atom is -0.481 e. The minimum absolute atomic E-state index is 0.131. The van der Waals surface area contributed by atoms with Crippen molar-refractivity contribution in [2.24, 2.45) is 35.5 Å². The highest BCUT2D eigenvalue weighted by Crippen LogP contribution is 2.35. The molecule has 6 atom stereocenters. The van der Waals surface area contributed by atoms with E-state index < -0.39 is 29.6 Å². The van der Waals surface area contributed by atoms with Gasteiger partial charge in [-0.2, -0.15) is 13.2 Å². The molecule has 0 saturated heterocycles. The molecule has 9 nitrogen and oxygen atoms in total. The summed E-state index contributed by atoms with van der Waals surface area (Å²) in [6, 6.07) is 16.6. The van der Waals surface area contributed by atoms with Crippen molar-refractivity contribution in [3.05, 3.63) is 141 Å². The normalized spacial score (nSPS) is 20.9. The van der Waals surface area contributed by atoms with Crippen LogP contribution in [-0.2, 0) is 40.2 Å². The van der Waals surface area contributed by atoms with Crippen molar-refractivity contribution in [1.82, 2.24) is 16.0 Å². The van der Waals surface area contributed by atoms with Crippen molar-refractivity contribution in [1.29, 1.82) is 0 Å². The Bertz CT molecular complexity index is 2300. The van der Waals surface area contributed by atoms with E-state index in [9.17, 15) is 31.9 Å². The Kier molecular flexibility index (Phi) is 32.6. The lowest BCUT2D eigenvalue weighted by Crippen LogP contribution is -2.27. The number of unbranched alkanes of at least 4 members (excludes halogenated alkanes) is 3. The number of carboxylic acids is 3. The molecule has 3 fully saturated rings. The smallest absolute Gasteiger partial charge is 0.416 e. The van der Waals surface area contributed by atoms with Crippen LogP contribution in [0.3, 0.4) is 0 Å². The molecule has 3 aliphatic rings.